The second-order valence-electron chi connectivity index (χ2n) is 8.56. The van der Waals surface area contributed by atoms with Crippen LogP contribution in [0.3, 0.4) is 0 Å². The zero-order valence-electron chi connectivity index (χ0n) is 18.7. The highest BCUT2D eigenvalue weighted by molar-refractivity contribution is 5.79. The van der Waals surface area contributed by atoms with Crippen LogP contribution in [0.4, 0.5) is 0 Å². The number of aromatic nitrogens is 3. The van der Waals surface area contributed by atoms with Crippen molar-refractivity contribution in [3.63, 3.8) is 0 Å². The van der Waals surface area contributed by atoms with E-state index in [4.69, 9.17) is 9.47 Å². The smallest absolute Gasteiger partial charge is 0.191 e. The van der Waals surface area contributed by atoms with Gasteiger partial charge in [-0.2, -0.15) is 5.10 Å². The number of nitrogens with one attached hydrogen (secondary N) is 2. The molecule has 1 aromatic heterocycles. The Balaban J connectivity index is 1.44. The summed E-state index contributed by atoms with van der Waals surface area (Å²) in [5.41, 5.74) is 1.38. The van der Waals surface area contributed by atoms with E-state index < -0.39 is 0 Å². The van der Waals surface area contributed by atoms with Gasteiger partial charge in [-0.15, -0.1) is 0 Å². The van der Waals surface area contributed by atoms with Crippen molar-refractivity contribution >= 4 is 5.96 Å². The van der Waals surface area contributed by atoms with Crippen molar-refractivity contribution in [2.45, 2.75) is 58.2 Å². The number of hydrogen-bond donors (Lipinski definition) is 2. The molecule has 0 bridgehead atoms. The van der Waals surface area contributed by atoms with Crippen LogP contribution < -0.4 is 15.4 Å². The summed E-state index contributed by atoms with van der Waals surface area (Å²) in [5.74, 6) is 3.43. The molecule has 8 heteroatoms. The normalized spacial score (nSPS) is 16.8. The molecule has 2 aromatic rings. The molecule has 1 atom stereocenters. The van der Waals surface area contributed by atoms with Crippen LogP contribution in [-0.2, 0) is 29.7 Å². The maximum Gasteiger partial charge on any atom is 0.191 e. The number of hydrogen-bond acceptors (Lipinski definition) is 5. The summed E-state index contributed by atoms with van der Waals surface area (Å²) in [6, 6.07) is 8.55. The van der Waals surface area contributed by atoms with E-state index in [1.165, 1.54) is 5.56 Å². The fourth-order valence-corrected chi connectivity index (χ4v) is 3.45. The van der Waals surface area contributed by atoms with Gasteiger partial charge in [-0.3, -0.25) is 4.99 Å². The number of methoxy groups -OCH3 is 1. The second kappa shape index (κ2) is 9.93. The Labute approximate surface area is 179 Å². The minimum absolute atomic E-state index is 0.109. The lowest BCUT2D eigenvalue weighted by Gasteiger charge is -2.25. The highest BCUT2D eigenvalue weighted by atomic mass is 16.5. The lowest BCUT2D eigenvalue weighted by molar-refractivity contribution is 0.177. The Hall–Kier alpha value is -2.61. The van der Waals surface area contributed by atoms with Crippen molar-refractivity contribution in [1.29, 1.82) is 0 Å². The predicted octanol–water partition coefficient (Wildman–Crippen LogP) is 2.28. The Bertz CT molecular complexity index is 856. The molecular formula is C22H34N6O2. The van der Waals surface area contributed by atoms with E-state index in [0.717, 1.165) is 42.7 Å². The highest BCUT2D eigenvalue weighted by Crippen LogP contribution is 2.25. The number of aliphatic imine (C=N–C) groups is 1. The Morgan fingerprint density at radius 1 is 1.33 bits per heavy atom. The summed E-state index contributed by atoms with van der Waals surface area (Å²) in [7, 11) is 3.44. The predicted molar refractivity (Wildman–Crippen MR) is 118 cm³/mol. The average Bonchev–Trinajstić information content (AvgIpc) is 3.12. The van der Waals surface area contributed by atoms with E-state index in [-0.39, 0.29) is 11.5 Å². The monoisotopic (exact) mass is 414 g/mol. The molecular weight excluding hydrogens is 380 g/mol. The summed E-state index contributed by atoms with van der Waals surface area (Å²) in [5, 5.41) is 11.3. The van der Waals surface area contributed by atoms with Gasteiger partial charge in [-0.25, -0.2) is 9.67 Å². The average molecular weight is 415 g/mol. The third-order valence-corrected chi connectivity index (χ3v) is 5.10. The van der Waals surface area contributed by atoms with Crippen molar-refractivity contribution in [1.82, 2.24) is 25.4 Å². The van der Waals surface area contributed by atoms with E-state index in [1.54, 1.807) is 14.2 Å². The van der Waals surface area contributed by atoms with E-state index in [0.29, 0.717) is 19.8 Å². The van der Waals surface area contributed by atoms with E-state index in [2.05, 4.69) is 58.6 Å². The topological polar surface area (TPSA) is 85.6 Å². The molecule has 8 nitrogen and oxygen atoms in total. The van der Waals surface area contributed by atoms with Crippen molar-refractivity contribution in [2.75, 3.05) is 27.3 Å². The third-order valence-electron chi connectivity index (χ3n) is 5.10. The summed E-state index contributed by atoms with van der Waals surface area (Å²) in [6.45, 7) is 9.05. The molecule has 2 heterocycles. The maximum absolute atomic E-state index is 5.92. The first kappa shape index (κ1) is 22.1. The molecule has 0 amide bonds. The van der Waals surface area contributed by atoms with Crippen LogP contribution in [0.2, 0.25) is 0 Å². The second-order valence-corrected chi connectivity index (χ2v) is 8.56. The van der Waals surface area contributed by atoms with Gasteiger partial charge in [0.1, 0.15) is 24.8 Å². The van der Waals surface area contributed by atoms with Crippen LogP contribution in [0, 0.1) is 0 Å². The molecule has 164 valence electrons. The van der Waals surface area contributed by atoms with Crippen LogP contribution in [0.25, 0.3) is 0 Å². The lowest BCUT2D eigenvalue weighted by Crippen LogP contribution is -2.47. The van der Waals surface area contributed by atoms with Crippen molar-refractivity contribution in [3.05, 3.63) is 41.5 Å². The minimum atomic E-state index is 0.109. The molecule has 1 aromatic carbocycles. The van der Waals surface area contributed by atoms with E-state index in [1.807, 2.05) is 16.8 Å². The minimum Gasteiger partial charge on any atom is -0.492 e. The van der Waals surface area contributed by atoms with Gasteiger partial charge < -0.3 is 20.1 Å². The molecule has 0 radical (unpaired) electrons. The lowest BCUT2D eigenvalue weighted by atomic mass is 9.87. The summed E-state index contributed by atoms with van der Waals surface area (Å²) >= 11 is 0. The maximum atomic E-state index is 5.92. The quantitative estimate of drug-likeness (QED) is 0.411. The molecule has 1 unspecified atom stereocenters. The Kier molecular flexibility index (Phi) is 7.31. The molecule has 0 saturated carbocycles. The Morgan fingerprint density at radius 3 is 2.90 bits per heavy atom. The van der Waals surface area contributed by atoms with Gasteiger partial charge in [-0.05, 0) is 29.5 Å². The summed E-state index contributed by atoms with van der Waals surface area (Å²) in [6.07, 6.45) is 1.88. The Morgan fingerprint density at radius 2 is 2.17 bits per heavy atom. The van der Waals surface area contributed by atoms with Crippen molar-refractivity contribution in [3.8, 4) is 5.75 Å². The van der Waals surface area contributed by atoms with E-state index >= 15 is 0 Å². The van der Waals surface area contributed by atoms with Gasteiger partial charge in [0.05, 0.1) is 13.1 Å². The van der Waals surface area contributed by atoms with Gasteiger partial charge in [0.15, 0.2) is 11.8 Å². The first-order valence-electron chi connectivity index (χ1n) is 10.5. The standard InChI is InChI=1S/C22H34N6O2/c1-22(2,3)16-7-6-8-18(13-16)30-12-11-24-21(23-4)25-17-9-10-20-26-19(15-29-5)27-28(20)14-17/h6-8,13,17H,9-12,14-15H2,1-5H3,(H2,23,24,25). The highest BCUT2D eigenvalue weighted by Gasteiger charge is 2.22. The van der Waals surface area contributed by atoms with Gasteiger partial charge in [0.2, 0.25) is 0 Å². The molecule has 0 fully saturated rings. The first-order chi connectivity index (χ1) is 14.4. The molecule has 30 heavy (non-hydrogen) atoms. The van der Waals surface area contributed by atoms with Crippen molar-refractivity contribution in [2.24, 2.45) is 4.99 Å². The van der Waals surface area contributed by atoms with Crippen LogP contribution in [0.5, 0.6) is 5.75 Å². The van der Waals surface area contributed by atoms with Crippen LogP contribution in [-0.4, -0.2) is 54.1 Å². The number of nitrogens with zero attached hydrogens (tertiary/aromatic N) is 4. The number of rotatable bonds is 7. The summed E-state index contributed by atoms with van der Waals surface area (Å²) < 4.78 is 13.0. The molecule has 1 aliphatic rings. The van der Waals surface area contributed by atoms with Gasteiger partial charge in [0.25, 0.3) is 0 Å². The van der Waals surface area contributed by atoms with Crippen LogP contribution in [0.1, 0.15) is 44.4 Å². The largest absolute Gasteiger partial charge is 0.492 e. The number of benzene rings is 1. The molecule has 1 aliphatic heterocycles. The van der Waals surface area contributed by atoms with Gasteiger partial charge >= 0.3 is 0 Å². The third kappa shape index (κ3) is 5.95. The van der Waals surface area contributed by atoms with Gasteiger partial charge in [-0.1, -0.05) is 32.9 Å². The van der Waals surface area contributed by atoms with Gasteiger partial charge in [0, 0.05) is 26.6 Å². The molecule has 0 saturated heterocycles. The van der Waals surface area contributed by atoms with Crippen molar-refractivity contribution < 1.29 is 9.47 Å². The molecule has 2 N–H and O–H groups in total. The fraction of sp³-hybridized carbons (Fsp3) is 0.591. The summed E-state index contributed by atoms with van der Waals surface area (Å²) in [4.78, 5) is 8.86. The zero-order chi connectivity index (χ0) is 21.6. The fourth-order valence-electron chi connectivity index (χ4n) is 3.45. The number of ether oxygens (including phenoxy) is 2. The SMILES string of the molecule is CN=C(NCCOc1cccc(C(C)(C)C)c1)NC1CCc2nc(COC)nn2C1. The molecule has 3 rings (SSSR count). The van der Waals surface area contributed by atoms with Crippen LogP contribution >= 0.6 is 0 Å². The zero-order valence-corrected chi connectivity index (χ0v) is 18.7. The molecule has 0 aliphatic carbocycles. The van der Waals surface area contributed by atoms with Crippen LogP contribution in [0.15, 0.2) is 29.3 Å². The van der Waals surface area contributed by atoms with E-state index in [9.17, 15) is 0 Å². The molecule has 0 spiro atoms. The number of aryl methyl sites for hydroxylation is 1. The number of fused-ring (bicyclic) bond motifs is 1. The first-order valence-corrected chi connectivity index (χ1v) is 10.5. The number of guanidine groups is 1.